The largest absolute Gasteiger partial charge is 0.399 e. The van der Waals surface area contributed by atoms with Crippen molar-refractivity contribution in [3.05, 3.63) is 53.9 Å². The Bertz CT molecular complexity index is 564. The maximum absolute atomic E-state index is 11.8. The highest BCUT2D eigenvalue weighted by atomic mass is 16.1. The maximum atomic E-state index is 11.8. The fourth-order valence-corrected chi connectivity index (χ4v) is 1.77. The van der Waals surface area contributed by atoms with Crippen LogP contribution in [0.1, 0.15) is 17.7 Å². The Balaban J connectivity index is 1.86. The van der Waals surface area contributed by atoms with Crippen LogP contribution in [0.3, 0.4) is 0 Å². The molecule has 0 spiro atoms. The molecule has 2 rings (SSSR count). The van der Waals surface area contributed by atoms with E-state index in [9.17, 15) is 4.79 Å². The van der Waals surface area contributed by atoms with Crippen molar-refractivity contribution in [3.8, 4) is 0 Å². The number of nitrogens with zero attached hydrogens (tertiary/aromatic N) is 1. The Morgan fingerprint density at radius 3 is 2.84 bits per heavy atom. The molecule has 0 aliphatic heterocycles. The Labute approximate surface area is 112 Å². The standard InChI is InChI=1S/C15H17N3O/c1-11-5-7-14(10-17-11)18-15(19)8-6-12-3-2-4-13(16)9-12/h2-5,7,9-10H,6,8,16H2,1H3,(H,18,19). The van der Waals surface area contributed by atoms with Gasteiger partial charge < -0.3 is 11.1 Å². The number of anilines is 2. The number of rotatable bonds is 4. The lowest BCUT2D eigenvalue weighted by atomic mass is 10.1. The van der Waals surface area contributed by atoms with Gasteiger partial charge in [0.05, 0.1) is 11.9 Å². The van der Waals surface area contributed by atoms with E-state index in [2.05, 4.69) is 10.3 Å². The third-order valence-corrected chi connectivity index (χ3v) is 2.79. The van der Waals surface area contributed by atoms with Crippen molar-refractivity contribution >= 4 is 17.3 Å². The summed E-state index contributed by atoms with van der Waals surface area (Å²) < 4.78 is 0. The Hall–Kier alpha value is -2.36. The maximum Gasteiger partial charge on any atom is 0.224 e. The molecular weight excluding hydrogens is 238 g/mol. The van der Waals surface area contributed by atoms with Crippen LogP contribution >= 0.6 is 0 Å². The summed E-state index contributed by atoms with van der Waals surface area (Å²) in [6.45, 7) is 1.91. The molecule has 19 heavy (non-hydrogen) atoms. The number of carbonyl (C=O) groups is 1. The number of benzene rings is 1. The summed E-state index contributed by atoms with van der Waals surface area (Å²) in [6, 6.07) is 11.3. The average Bonchev–Trinajstić information content (AvgIpc) is 2.39. The van der Waals surface area contributed by atoms with E-state index in [0.717, 1.165) is 22.6 Å². The molecule has 0 aliphatic carbocycles. The van der Waals surface area contributed by atoms with Crippen LogP contribution in [0.5, 0.6) is 0 Å². The zero-order valence-corrected chi connectivity index (χ0v) is 10.9. The topological polar surface area (TPSA) is 68.0 Å². The molecule has 0 bridgehead atoms. The van der Waals surface area contributed by atoms with Gasteiger partial charge in [-0.25, -0.2) is 0 Å². The minimum absolute atomic E-state index is 0.0203. The summed E-state index contributed by atoms with van der Waals surface area (Å²) in [6.07, 6.45) is 2.77. The van der Waals surface area contributed by atoms with Gasteiger partial charge >= 0.3 is 0 Å². The van der Waals surface area contributed by atoms with Gasteiger partial charge in [0, 0.05) is 17.8 Å². The van der Waals surface area contributed by atoms with Gasteiger partial charge in [-0.1, -0.05) is 12.1 Å². The predicted octanol–water partition coefficient (Wildman–Crippen LogP) is 2.54. The summed E-state index contributed by atoms with van der Waals surface area (Å²) in [5, 5.41) is 2.82. The second kappa shape index (κ2) is 6.00. The fourth-order valence-electron chi connectivity index (χ4n) is 1.77. The molecule has 1 aromatic carbocycles. The highest BCUT2D eigenvalue weighted by molar-refractivity contribution is 5.90. The quantitative estimate of drug-likeness (QED) is 0.825. The second-order valence-electron chi connectivity index (χ2n) is 4.48. The number of amides is 1. The van der Waals surface area contributed by atoms with Gasteiger partial charge in [-0.05, 0) is 43.2 Å². The molecule has 98 valence electrons. The SMILES string of the molecule is Cc1ccc(NC(=O)CCc2cccc(N)c2)cn1. The number of hydrogen-bond donors (Lipinski definition) is 2. The number of carbonyl (C=O) groups excluding carboxylic acids is 1. The zero-order valence-electron chi connectivity index (χ0n) is 10.9. The van der Waals surface area contributed by atoms with E-state index in [-0.39, 0.29) is 5.91 Å². The highest BCUT2D eigenvalue weighted by Gasteiger charge is 2.03. The smallest absolute Gasteiger partial charge is 0.224 e. The molecule has 3 N–H and O–H groups in total. The minimum atomic E-state index is -0.0203. The number of nitrogen functional groups attached to an aromatic ring is 1. The summed E-state index contributed by atoms with van der Waals surface area (Å²) in [4.78, 5) is 15.9. The summed E-state index contributed by atoms with van der Waals surface area (Å²) in [7, 11) is 0. The summed E-state index contributed by atoms with van der Waals surface area (Å²) in [5.74, 6) is -0.0203. The van der Waals surface area contributed by atoms with Gasteiger partial charge in [0.15, 0.2) is 0 Å². The number of hydrogen-bond acceptors (Lipinski definition) is 3. The predicted molar refractivity (Wildman–Crippen MR) is 76.8 cm³/mol. The van der Waals surface area contributed by atoms with Crippen LogP contribution in [0.25, 0.3) is 0 Å². The van der Waals surface area contributed by atoms with Crippen molar-refractivity contribution < 1.29 is 4.79 Å². The number of aromatic nitrogens is 1. The van der Waals surface area contributed by atoms with Crippen molar-refractivity contribution in [2.24, 2.45) is 0 Å². The van der Waals surface area contributed by atoms with Crippen molar-refractivity contribution in [2.45, 2.75) is 19.8 Å². The van der Waals surface area contributed by atoms with E-state index in [0.29, 0.717) is 12.8 Å². The Morgan fingerprint density at radius 2 is 2.16 bits per heavy atom. The van der Waals surface area contributed by atoms with Crippen LogP contribution in [-0.4, -0.2) is 10.9 Å². The molecule has 0 radical (unpaired) electrons. The van der Waals surface area contributed by atoms with Crippen molar-refractivity contribution in [1.29, 1.82) is 0 Å². The van der Waals surface area contributed by atoms with Gasteiger partial charge in [-0.3, -0.25) is 9.78 Å². The van der Waals surface area contributed by atoms with Crippen LogP contribution in [0.2, 0.25) is 0 Å². The van der Waals surface area contributed by atoms with Crippen molar-refractivity contribution in [2.75, 3.05) is 11.1 Å². The second-order valence-corrected chi connectivity index (χ2v) is 4.48. The lowest BCUT2D eigenvalue weighted by Crippen LogP contribution is -2.12. The lowest BCUT2D eigenvalue weighted by Gasteiger charge is -2.05. The van der Waals surface area contributed by atoms with Crippen LogP contribution in [0.15, 0.2) is 42.6 Å². The van der Waals surface area contributed by atoms with Crippen LogP contribution in [0, 0.1) is 6.92 Å². The Morgan fingerprint density at radius 1 is 1.32 bits per heavy atom. The molecule has 4 nitrogen and oxygen atoms in total. The first-order valence-electron chi connectivity index (χ1n) is 6.20. The van der Waals surface area contributed by atoms with Crippen molar-refractivity contribution in [3.63, 3.8) is 0 Å². The molecule has 1 amide bonds. The fraction of sp³-hybridized carbons (Fsp3) is 0.200. The van der Waals surface area contributed by atoms with Gasteiger partial charge in [0.2, 0.25) is 5.91 Å². The van der Waals surface area contributed by atoms with Crippen LogP contribution < -0.4 is 11.1 Å². The van der Waals surface area contributed by atoms with E-state index in [1.807, 2.05) is 43.3 Å². The monoisotopic (exact) mass is 255 g/mol. The zero-order chi connectivity index (χ0) is 13.7. The van der Waals surface area contributed by atoms with Gasteiger partial charge in [-0.2, -0.15) is 0 Å². The molecule has 0 aliphatic rings. The van der Waals surface area contributed by atoms with Gasteiger partial charge in [0.25, 0.3) is 0 Å². The molecule has 0 unspecified atom stereocenters. The lowest BCUT2D eigenvalue weighted by molar-refractivity contribution is -0.116. The third kappa shape index (κ3) is 4.10. The van der Waals surface area contributed by atoms with E-state index >= 15 is 0 Å². The summed E-state index contributed by atoms with van der Waals surface area (Å²) in [5.41, 5.74) is 9.14. The molecule has 1 heterocycles. The summed E-state index contributed by atoms with van der Waals surface area (Å²) >= 11 is 0. The van der Waals surface area contributed by atoms with Crippen molar-refractivity contribution in [1.82, 2.24) is 4.98 Å². The van der Waals surface area contributed by atoms with Gasteiger partial charge in [-0.15, -0.1) is 0 Å². The number of nitrogens with one attached hydrogen (secondary N) is 1. The number of aryl methyl sites for hydroxylation is 2. The number of nitrogens with two attached hydrogens (primary N) is 1. The minimum Gasteiger partial charge on any atom is -0.399 e. The van der Waals surface area contributed by atoms with E-state index < -0.39 is 0 Å². The molecule has 0 fully saturated rings. The van der Waals surface area contributed by atoms with E-state index in [4.69, 9.17) is 5.73 Å². The normalized spacial score (nSPS) is 10.2. The van der Waals surface area contributed by atoms with Crippen LogP contribution in [0.4, 0.5) is 11.4 Å². The first kappa shape index (κ1) is 13.1. The molecule has 0 saturated carbocycles. The van der Waals surface area contributed by atoms with E-state index in [1.165, 1.54) is 0 Å². The molecule has 2 aromatic rings. The first-order chi connectivity index (χ1) is 9.13. The van der Waals surface area contributed by atoms with Crippen LogP contribution in [-0.2, 0) is 11.2 Å². The Kier molecular flexibility index (Phi) is 4.13. The third-order valence-electron chi connectivity index (χ3n) is 2.79. The molecule has 0 saturated heterocycles. The molecular formula is C15H17N3O. The highest BCUT2D eigenvalue weighted by Crippen LogP contribution is 2.10. The number of pyridine rings is 1. The first-order valence-corrected chi connectivity index (χ1v) is 6.20. The van der Waals surface area contributed by atoms with E-state index in [1.54, 1.807) is 6.20 Å². The average molecular weight is 255 g/mol. The molecule has 4 heteroatoms. The van der Waals surface area contributed by atoms with Gasteiger partial charge in [0.1, 0.15) is 0 Å². The molecule has 1 aromatic heterocycles. The molecule has 0 atom stereocenters.